The first-order valence-corrected chi connectivity index (χ1v) is 5.10. The Hall–Kier alpha value is -0.890. The van der Waals surface area contributed by atoms with Crippen LogP contribution in [0, 0.1) is 11.7 Å². The fraction of sp³-hybridized carbons (Fsp3) is 0.500. The molecule has 2 heteroatoms. The maximum absolute atomic E-state index is 13.4. The molecule has 0 aromatic heterocycles. The van der Waals surface area contributed by atoms with E-state index in [4.69, 9.17) is 5.73 Å². The Morgan fingerprint density at radius 3 is 2.50 bits per heavy atom. The fourth-order valence-electron chi connectivity index (χ4n) is 1.62. The zero-order chi connectivity index (χ0) is 10.7. The van der Waals surface area contributed by atoms with Crippen molar-refractivity contribution < 1.29 is 4.39 Å². The van der Waals surface area contributed by atoms with Crippen molar-refractivity contribution in [1.29, 1.82) is 0 Å². The van der Waals surface area contributed by atoms with E-state index in [1.54, 1.807) is 6.07 Å². The summed E-state index contributed by atoms with van der Waals surface area (Å²) < 4.78 is 13.4. The van der Waals surface area contributed by atoms with Crippen LogP contribution in [0.2, 0.25) is 0 Å². The predicted molar refractivity (Wildman–Crippen MR) is 57.5 cm³/mol. The van der Waals surface area contributed by atoms with Crippen LogP contribution in [0.3, 0.4) is 0 Å². The van der Waals surface area contributed by atoms with Crippen LogP contribution in [0.25, 0.3) is 0 Å². The number of hydrogen-bond donors (Lipinski definition) is 1. The van der Waals surface area contributed by atoms with E-state index in [1.165, 1.54) is 6.07 Å². The van der Waals surface area contributed by atoms with Crippen molar-refractivity contribution in [1.82, 2.24) is 0 Å². The first-order chi connectivity index (χ1) is 6.57. The van der Waals surface area contributed by atoms with E-state index in [1.807, 2.05) is 13.0 Å². The topological polar surface area (TPSA) is 26.0 Å². The summed E-state index contributed by atoms with van der Waals surface area (Å²) >= 11 is 0. The van der Waals surface area contributed by atoms with Crippen molar-refractivity contribution in [3.8, 4) is 0 Å². The second-order valence-electron chi connectivity index (χ2n) is 3.93. The van der Waals surface area contributed by atoms with E-state index >= 15 is 0 Å². The van der Waals surface area contributed by atoms with Crippen molar-refractivity contribution in [2.75, 3.05) is 0 Å². The summed E-state index contributed by atoms with van der Waals surface area (Å²) in [7, 11) is 0. The maximum Gasteiger partial charge on any atom is 0.126 e. The minimum atomic E-state index is -0.138. The Bertz CT molecular complexity index is 307. The Balaban J connectivity index is 3.13. The van der Waals surface area contributed by atoms with Crippen LogP contribution in [-0.2, 0) is 6.42 Å². The summed E-state index contributed by atoms with van der Waals surface area (Å²) in [4.78, 5) is 0. The molecule has 0 aliphatic heterocycles. The number of nitrogens with two attached hydrogens (primary N) is 1. The molecule has 1 atom stereocenters. The van der Waals surface area contributed by atoms with E-state index in [2.05, 4.69) is 13.8 Å². The van der Waals surface area contributed by atoms with Gasteiger partial charge in [-0.1, -0.05) is 32.9 Å². The standard InChI is InChI=1S/C12H18FN/c1-4-9-10(12(14)8(2)3)6-5-7-11(9)13/h5-8,12H,4,14H2,1-3H3/t12-/m0/s1. The smallest absolute Gasteiger partial charge is 0.126 e. The first-order valence-electron chi connectivity index (χ1n) is 5.10. The Morgan fingerprint density at radius 1 is 1.36 bits per heavy atom. The van der Waals surface area contributed by atoms with Crippen LogP contribution in [-0.4, -0.2) is 0 Å². The molecule has 1 aromatic rings. The zero-order valence-electron chi connectivity index (χ0n) is 9.05. The summed E-state index contributed by atoms with van der Waals surface area (Å²) in [5.74, 6) is 0.197. The van der Waals surface area contributed by atoms with E-state index < -0.39 is 0 Å². The van der Waals surface area contributed by atoms with E-state index in [0.717, 1.165) is 11.1 Å². The van der Waals surface area contributed by atoms with Crippen molar-refractivity contribution in [3.05, 3.63) is 35.1 Å². The molecule has 1 rings (SSSR count). The molecule has 0 fully saturated rings. The molecule has 0 aliphatic carbocycles. The molecule has 0 bridgehead atoms. The monoisotopic (exact) mass is 195 g/mol. The van der Waals surface area contributed by atoms with Crippen LogP contribution in [0.1, 0.15) is 37.9 Å². The molecule has 1 aromatic carbocycles. The molecular formula is C12H18FN. The number of benzene rings is 1. The highest BCUT2D eigenvalue weighted by molar-refractivity contribution is 5.31. The van der Waals surface area contributed by atoms with Crippen LogP contribution in [0.5, 0.6) is 0 Å². The largest absolute Gasteiger partial charge is 0.324 e. The molecule has 0 radical (unpaired) electrons. The summed E-state index contributed by atoms with van der Waals surface area (Å²) in [6, 6.07) is 5.08. The zero-order valence-corrected chi connectivity index (χ0v) is 9.05. The van der Waals surface area contributed by atoms with Gasteiger partial charge >= 0.3 is 0 Å². The average Bonchev–Trinajstić information content (AvgIpc) is 2.16. The minimum Gasteiger partial charge on any atom is -0.324 e. The lowest BCUT2D eigenvalue weighted by atomic mass is 9.92. The molecule has 0 saturated heterocycles. The van der Waals surface area contributed by atoms with Crippen LogP contribution >= 0.6 is 0 Å². The van der Waals surface area contributed by atoms with Crippen molar-refractivity contribution in [3.63, 3.8) is 0 Å². The van der Waals surface area contributed by atoms with Gasteiger partial charge in [0.05, 0.1) is 0 Å². The molecule has 0 unspecified atom stereocenters. The van der Waals surface area contributed by atoms with E-state index in [-0.39, 0.29) is 11.9 Å². The lowest BCUT2D eigenvalue weighted by Gasteiger charge is -2.19. The average molecular weight is 195 g/mol. The molecule has 0 heterocycles. The Labute approximate surface area is 85.1 Å². The van der Waals surface area contributed by atoms with E-state index in [0.29, 0.717) is 12.3 Å². The van der Waals surface area contributed by atoms with Gasteiger partial charge in [0.25, 0.3) is 0 Å². The van der Waals surface area contributed by atoms with Gasteiger partial charge in [-0.3, -0.25) is 0 Å². The molecule has 0 saturated carbocycles. The van der Waals surface area contributed by atoms with Gasteiger partial charge in [0.1, 0.15) is 5.82 Å². The predicted octanol–water partition coefficient (Wildman–Crippen LogP) is 3.04. The van der Waals surface area contributed by atoms with Gasteiger partial charge in [-0.15, -0.1) is 0 Å². The fourth-order valence-corrected chi connectivity index (χ4v) is 1.62. The summed E-state index contributed by atoms with van der Waals surface area (Å²) in [6.45, 7) is 6.05. The summed E-state index contributed by atoms with van der Waals surface area (Å²) in [5.41, 5.74) is 7.72. The van der Waals surface area contributed by atoms with Gasteiger partial charge in [-0.2, -0.15) is 0 Å². The second kappa shape index (κ2) is 4.56. The third kappa shape index (κ3) is 2.13. The Kier molecular flexibility index (Phi) is 3.64. The third-order valence-electron chi connectivity index (χ3n) is 2.59. The van der Waals surface area contributed by atoms with Crippen LogP contribution in [0.4, 0.5) is 4.39 Å². The summed E-state index contributed by atoms with van der Waals surface area (Å²) in [6.07, 6.45) is 0.697. The molecule has 0 amide bonds. The number of rotatable bonds is 3. The summed E-state index contributed by atoms with van der Waals surface area (Å²) in [5, 5.41) is 0. The molecule has 0 aliphatic rings. The minimum absolute atomic E-state index is 0.0688. The number of halogens is 1. The van der Waals surface area contributed by atoms with Crippen molar-refractivity contribution in [2.24, 2.45) is 11.7 Å². The highest BCUT2D eigenvalue weighted by atomic mass is 19.1. The lowest BCUT2D eigenvalue weighted by molar-refractivity contribution is 0.504. The highest BCUT2D eigenvalue weighted by Gasteiger charge is 2.15. The van der Waals surface area contributed by atoms with Gasteiger partial charge in [-0.05, 0) is 29.5 Å². The molecule has 1 nitrogen and oxygen atoms in total. The number of hydrogen-bond acceptors (Lipinski definition) is 1. The molecule has 78 valence electrons. The molecule has 0 spiro atoms. The normalized spacial score (nSPS) is 13.3. The lowest BCUT2D eigenvalue weighted by Crippen LogP contribution is -2.18. The van der Waals surface area contributed by atoms with Gasteiger partial charge in [0, 0.05) is 6.04 Å². The van der Waals surface area contributed by atoms with Gasteiger partial charge in [0.2, 0.25) is 0 Å². The van der Waals surface area contributed by atoms with Crippen LogP contribution < -0.4 is 5.73 Å². The quantitative estimate of drug-likeness (QED) is 0.788. The molecule has 14 heavy (non-hydrogen) atoms. The third-order valence-corrected chi connectivity index (χ3v) is 2.59. The second-order valence-corrected chi connectivity index (χ2v) is 3.93. The van der Waals surface area contributed by atoms with Gasteiger partial charge in [0.15, 0.2) is 0 Å². The van der Waals surface area contributed by atoms with E-state index in [9.17, 15) is 4.39 Å². The molecular weight excluding hydrogens is 177 g/mol. The maximum atomic E-state index is 13.4. The van der Waals surface area contributed by atoms with Crippen LogP contribution in [0.15, 0.2) is 18.2 Å². The highest BCUT2D eigenvalue weighted by Crippen LogP contribution is 2.24. The van der Waals surface area contributed by atoms with Crippen molar-refractivity contribution >= 4 is 0 Å². The molecule has 2 N–H and O–H groups in total. The first kappa shape index (κ1) is 11.2. The van der Waals surface area contributed by atoms with Crippen molar-refractivity contribution in [2.45, 2.75) is 33.2 Å². The SMILES string of the molecule is CCc1c(F)cccc1[C@@H](N)C(C)C. The van der Waals surface area contributed by atoms with Gasteiger partial charge < -0.3 is 5.73 Å². The Morgan fingerprint density at radius 2 is 2.00 bits per heavy atom. The van der Waals surface area contributed by atoms with Gasteiger partial charge in [-0.25, -0.2) is 4.39 Å².